The Labute approximate surface area is 121 Å². The molecule has 20 heavy (non-hydrogen) atoms. The number of aromatic nitrogens is 3. The third kappa shape index (κ3) is 2.90. The standard InChI is InChI=1S/C16H24N4/c1-10(2)17-8-15-7-11(3)16(18-9-15)20-14(6)12(4)13(5)19-20/h7,9-10,17H,8H2,1-6H3. The van der Waals surface area contributed by atoms with Crippen LogP contribution in [0.25, 0.3) is 5.82 Å². The minimum Gasteiger partial charge on any atom is -0.310 e. The van der Waals surface area contributed by atoms with E-state index in [1.54, 1.807) is 0 Å². The van der Waals surface area contributed by atoms with Crippen molar-refractivity contribution < 1.29 is 0 Å². The van der Waals surface area contributed by atoms with Crippen molar-refractivity contribution in [2.45, 2.75) is 54.1 Å². The summed E-state index contributed by atoms with van der Waals surface area (Å²) in [6.07, 6.45) is 1.93. The zero-order chi connectivity index (χ0) is 14.9. The molecule has 4 nitrogen and oxygen atoms in total. The van der Waals surface area contributed by atoms with E-state index in [-0.39, 0.29) is 0 Å². The predicted molar refractivity (Wildman–Crippen MR) is 82.3 cm³/mol. The van der Waals surface area contributed by atoms with Gasteiger partial charge in [-0.05, 0) is 50.5 Å². The first-order valence-corrected chi connectivity index (χ1v) is 7.12. The molecule has 108 valence electrons. The molecule has 2 rings (SSSR count). The van der Waals surface area contributed by atoms with E-state index in [1.165, 1.54) is 11.1 Å². The maximum atomic E-state index is 4.60. The van der Waals surface area contributed by atoms with Crippen molar-refractivity contribution in [3.8, 4) is 5.82 Å². The molecule has 2 aromatic heterocycles. The third-order valence-corrected chi connectivity index (χ3v) is 3.68. The van der Waals surface area contributed by atoms with Crippen LogP contribution in [0.5, 0.6) is 0 Å². The van der Waals surface area contributed by atoms with Gasteiger partial charge in [0.2, 0.25) is 0 Å². The van der Waals surface area contributed by atoms with Crippen molar-refractivity contribution in [3.63, 3.8) is 0 Å². The number of aryl methyl sites for hydroxylation is 2. The summed E-state index contributed by atoms with van der Waals surface area (Å²) < 4.78 is 1.94. The Kier molecular flexibility index (Phi) is 4.23. The van der Waals surface area contributed by atoms with Crippen LogP contribution in [0, 0.1) is 27.7 Å². The van der Waals surface area contributed by atoms with E-state index in [0.29, 0.717) is 6.04 Å². The first kappa shape index (κ1) is 14.7. The fourth-order valence-electron chi connectivity index (χ4n) is 2.19. The molecule has 0 unspecified atom stereocenters. The van der Waals surface area contributed by atoms with Gasteiger partial charge in [0.05, 0.1) is 5.69 Å². The first-order valence-electron chi connectivity index (χ1n) is 7.12. The summed E-state index contributed by atoms with van der Waals surface area (Å²) in [5.41, 5.74) is 5.81. The van der Waals surface area contributed by atoms with Crippen LogP contribution in [0.2, 0.25) is 0 Å². The van der Waals surface area contributed by atoms with Crippen molar-refractivity contribution in [2.24, 2.45) is 0 Å². The van der Waals surface area contributed by atoms with Crippen LogP contribution in [0.15, 0.2) is 12.3 Å². The SMILES string of the molecule is Cc1cc(CNC(C)C)cnc1-n1nc(C)c(C)c1C. The Balaban J connectivity index is 2.32. The van der Waals surface area contributed by atoms with Gasteiger partial charge in [-0.1, -0.05) is 13.8 Å². The molecule has 0 radical (unpaired) electrons. The van der Waals surface area contributed by atoms with Gasteiger partial charge in [-0.15, -0.1) is 0 Å². The van der Waals surface area contributed by atoms with E-state index in [4.69, 9.17) is 0 Å². The summed E-state index contributed by atoms with van der Waals surface area (Å²) in [7, 11) is 0. The maximum absolute atomic E-state index is 4.60. The molecule has 0 spiro atoms. The van der Waals surface area contributed by atoms with E-state index >= 15 is 0 Å². The van der Waals surface area contributed by atoms with Gasteiger partial charge < -0.3 is 5.32 Å². The molecule has 0 amide bonds. The van der Waals surface area contributed by atoms with Crippen LogP contribution in [0.4, 0.5) is 0 Å². The summed E-state index contributed by atoms with van der Waals surface area (Å²) in [6, 6.07) is 2.66. The fourth-order valence-corrected chi connectivity index (χ4v) is 2.19. The molecule has 1 N–H and O–H groups in total. The minimum atomic E-state index is 0.480. The smallest absolute Gasteiger partial charge is 0.156 e. The number of hydrogen-bond acceptors (Lipinski definition) is 3. The molecule has 0 aliphatic carbocycles. The Morgan fingerprint density at radius 1 is 1.20 bits per heavy atom. The van der Waals surface area contributed by atoms with E-state index in [1.807, 2.05) is 17.8 Å². The highest BCUT2D eigenvalue weighted by Crippen LogP contribution is 2.18. The van der Waals surface area contributed by atoms with Gasteiger partial charge in [0, 0.05) is 24.5 Å². The van der Waals surface area contributed by atoms with Crippen LogP contribution in [0.1, 0.15) is 41.9 Å². The average molecular weight is 272 g/mol. The van der Waals surface area contributed by atoms with Gasteiger partial charge >= 0.3 is 0 Å². The highest BCUT2D eigenvalue weighted by molar-refractivity contribution is 5.38. The fraction of sp³-hybridized carbons (Fsp3) is 0.500. The molecule has 0 fully saturated rings. The van der Waals surface area contributed by atoms with Gasteiger partial charge in [0.25, 0.3) is 0 Å². The Morgan fingerprint density at radius 3 is 2.40 bits per heavy atom. The largest absolute Gasteiger partial charge is 0.310 e. The molecular weight excluding hydrogens is 248 g/mol. The van der Waals surface area contributed by atoms with Gasteiger partial charge in [0.15, 0.2) is 5.82 Å². The van der Waals surface area contributed by atoms with E-state index in [2.05, 4.69) is 56.1 Å². The molecule has 0 saturated heterocycles. The molecule has 0 saturated carbocycles. The van der Waals surface area contributed by atoms with Crippen molar-refractivity contribution in [3.05, 3.63) is 40.3 Å². The number of rotatable bonds is 4. The number of pyridine rings is 1. The summed E-state index contributed by atoms with van der Waals surface area (Å²) in [5.74, 6) is 0.923. The normalized spacial score (nSPS) is 11.3. The zero-order valence-electron chi connectivity index (χ0n) is 13.3. The monoisotopic (exact) mass is 272 g/mol. The van der Waals surface area contributed by atoms with Crippen molar-refractivity contribution in [1.29, 1.82) is 0 Å². The lowest BCUT2D eigenvalue weighted by molar-refractivity contribution is 0.587. The molecule has 2 aromatic rings. The molecule has 4 heteroatoms. The van der Waals surface area contributed by atoms with Crippen LogP contribution < -0.4 is 5.32 Å². The van der Waals surface area contributed by atoms with Crippen LogP contribution in [-0.2, 0) is 6.54 Å². The van der Waals surface area contributed by atoms with Gasteiger partial charge in [-0.2, -0.15) is 5.10 Å². The number of nitrogens with one attached hydrogen (secondary N) is 1. The highest BCUT2D eigenvalue weighted by atomic mass is 15.3. The topological polar surface area (TPSA) is 42.7 Å². The Bertz CT molecular complexity index is 611. The van der Waals surface area contributed by atoms with E-state index < -0.39 is 0 Å². The van der Waals surface area contributed by atoms with E-state index in [9.17, 15) is 0 Å². The lowest BCUT2D eigenvalue weighted by Crippen LogP contribution is -2.22. The van der Waals surface area contributed by atoms with Gasteiger partial charge in [-0.25, -0.2) is 9.67 Å². The first-order chi connectivity index (χ1) is 9.40. The number of hydrogen-bond donors (Lipinski definition) is 1. The molecular formula is C16H24N4. The van der Waals surface area contributed by atoms with Gasteiger partial charge in [-0.3, -0.25) is 0 Å². The molecule has 0 aliphatic heterocycles. The quantitative estimate of drug-likeness (QED) is 0.930. The second-order valence-corrected chi connectivity index (χ2v) is 5.73. The Hall–Kier alpha value is -1.68. The van der Waals surface area contributed by atoms with Crippen molar-refractivity contribution >= 4 is 0 Å². The maximum Gasteiger partial charge on any atom is 0.156 e. The highest BCUT2D eigenvalue weighted by Gasteiger charge is 2.12. The summed E-state index contributed by atoms with van der Waals surface area (Å²) in [5, 5.41) is 7.99. The lowest BCUT2D eigenvalue weighted by Gasteiger charge is -2.11. The number of nitrogens with zero attached hydrogens (tertiary/aromatic N) is 3. The lowest BCUT2D eigenvalue weighted by atomic mass is 10.2. The van der Waals surface area contributed by atoms with Gasteiger partial charge in [0.1, 0.15) is 0 Å². The average Bonchev–Trinajstić information content (AvgIpc) is 2.64. The molecule has 0 aromatic carbocycles. The minimum absolute atomic E-state index is 0.480. The third-order valence-electron chi connectivity index (χ3n) is 3.68. The molecule has 0 atom stereocenters. The second-order valence-electron chi connectivity index (χ2n) is 5.73. The molecule has 0 aliphatic rings. The van der Waals surface area contributed by atoms with Crippen molar-refractivity contribution in [2.75, 3.05) is 0 Å². The van der Waals surface area contributed by atoms with Crippen LogP contribution in [0.3, 0.4) is 0 Å². The second kappa shape index (κ2) is 5.75. The summed E-state index contributed by atoms with van der Waals surface area (Å²) in [4.78, 5) is 4.60. The Morgan fingerprint density at radius 2 is 1.90 bits per heavy atom. The predicted octanol–water partition coefficient (Wildman–Crippen LogP) is 3.00. The van der Waals surface area contributed by atoms with Crippen molar-refractivity contribution in [1.82, 2.24) is 20.1 Å². The van der Waals surface area contributed by atoms with Crippen LogP contribution >= 0.6 is 0 Å². The van der Waals surface area contributed by atoms with Crippen LogP contribution in [-0.4, -0.2) is 20.8 Å². The summed E-state index contributed by atoms with van der Waals surface area (Å²) >= 11 is 0. The molecule has 0 bridgehead atoms. The summed E-state index contributed by atoms with van der Waals surface area (Å²) in [6.45, 7) is 13.5. The zero-order valence-corrected chi connectivity index (χ0v) is 13.3. The van der Waals surface area contributed by atoms with E-state index in [0.717, 1.165) is 29.3 Å². The molecule has 2 heterocycles.